The van der Waals surface area contributed by atoms with Gasteiger partial charge in [-0.1, -0.05) is 28.1 Å². The summed E-state index contributed by atoms with van der Waals surface area (Å²) in [6, 6.07) is 7.95. The topological polar surface area (TPSA) is 41.6 Å². The van der Waals surface area contributed by atoms with Crippen molar-refractivity contribution in [2.24, 2.45) is 0 Å². The normalized spacial score (nSPS) is 19.6. The zero-order chi connectivity index (χ0) is 15.3. The second-order valence-corrected chi connectivity index (χ2v) is 6.31. The van der Waals surface area contributed by atoms with Crippen molar-refractivity contribution in [3.8, 4) is 0 Å². The number of esters is 1. The molecule has 0 spiro atoms. The summed E-state index contributed by atoms with van der Waals surface area (Å²) in [6.45, 7) is 7.84. The Kier molecular flexibility index (Phi) is 5.79. The Labute approximate surface area is 135 Å². The van der Waals surface area contributed by atoms with E-state index in [1.807, 2.05) is 38.1 Å². The number of carbonyl (C=O) groups excluding carboxylic acids is 1. The number of nitrogens with zero attached hydrogens (tertiary/aromatic N) is 1. The summed E-state index contributed by atoms with van der Waals surface area (Å²) in [5.74, 6) is -0.172. The Balaban J connectivity index is 2.37. The van der Waals surface area contributed by atoms with Crippen LogP contribution in [-0.4, -0.2) is 43.7 Å². The Hall–Kier alpha value is -0.910. The van der Waals surface area contributed by atoms with E-state index in [4.69, 9.17) is 4.74 Å². The average molecular weight is 355 g/mol. The van der Waals surface area contributed by atoms with Gasteiger partial charge in [0.25, 0.3) is 0 Å². The zero-order valence-corrected chi connectivity index (χ0v) is 14.3. The van der Waals surface area contributed by atoms with Gasteiger partial charge in [0, 0.05) is 24.1 Å². The lowest BCUT2D eigenvalue weighted by molar-refractivity contribution is -0.157. The molecule has 1 aromatic rings. The summed E-state index contributed by atoms with van der Waals surface area (Å²) in [5, 5.41) is 3.38. The SMILES string of the molecule is CCOC(=O)C(C)(c1ccc(Br)cc1)N1CCCNCC1. The molecule has 0 bridgehead atoms. The Morgan fingerprint density at radius 3 is 2.71 bits per heavy atom. The van der Waals surface area contributed by atoms with Crippen molar-refractivity contribution < 1.29 is 9.53 Å². The lowest BCUT2D eigenvalue weighted by atomic mass is 9.89. The molecule has 1 atom stereocenters. The Morgan fingerprint density at radius 1 is 1.33 bits per heavy atom. The molecule has 2 rings (SSSR count). The highest BCUT2D eigenvalue weighted by Gasteiger charge is 2.42. The number of hydrogen-bond acceptors (Lipinski definition) is 4. The number of nitrogens with one attached hydrogen (secondary N) is 1. The van der Waals surface area contributed by atoms with Gasteiger partial charge in [-0.3, -0.25) is 4.90 Å². The first kappa shape index (κ1) is 16.5. The molecule has 0 saturated carbocycles. The van der Waals surface area contributed by atoms with Gasteiger partial charge in [0.05, 0.1) is 6.61 Å². The average Bonchev–Trinajstić information content (AvgIpc) is 2.77. The van der Waals surface area contributed by atoms with Gasteiger partial charge >= 0.3 is 5.97 Å². The van der Waals surface area contributed by atoms with E-state index in [9.17, 15) is 4.79 Å². The van der Waals surface area contributed by atoms with Crippen LogP contribution in [0.2, 0.25) is 0 Å². The quantitative estimate of drug-likeness (QED) is 0.843. The van der Waals surface area contributed by atoms with Gasteiger partial charge in [0.2, 0.25) is 0 Å². The fourth-order valence-corrected chi connectivity index (χ4v) is 3.03. The van der Waals surface area contributed by atoms with Crippen LogP contribution in [0.15, 0.2) is 28.7 Å². The summed E-state index contributed by atoms with van der Waals surface area (Å²) >= 11 is 3.45. The number of ether oxygens (including phenoxy) is 1. The minimum atomic E-state index is -0.733. The molecule has 1 fully saturated rings. The van der Waals surface area contributed by atoms with Crippen LogP contribution in [0.1, 0.15) is 25.8 Å². The molecule has 1 aromatic carbocycles. The Bertz CT molecular complexity index is 470. The number of hydrogen-bond donors (Lipinski definition) is 1. The Morgan fingerprint density at radius 2 is 2.05 bits per heavy atom. The van der Waals surface area contributed by atoms with Crippen LogP contribution in [0.25, 0.3) is 0 Å². The number of rotatable bonds is 4. The van der Waals surface area contributed by atoms with E-state index in [0.29, 0.717) is 6.61 Å². The van der Waals surface area contributed by atoms with E-state index in [2.05, 4.69) is 26.1 Å². The van der Waals surface area contributed by atoms with Gasteiger partial charge in [-0.2, -0.15) is 0 Å². The molecule has 1 N–H and O–H groups in total. The third-order valence-corrected chi connectivity index (χ3v) is 4.58. The van der Waals surface area contributed by atoms with Gasteiger partial charge in [-0.15, -0.1) is 0 Å². The van der Waals surface area contributed by atoms with Crippen LogP contribution in [-0.2, 0) is 15.1 Å². The van der Waals surface area contributed by atoms with Crippen molar-refractivity contribution in [2.75, 3.05) is 32.8 Å². The summed E-state index contributed by atoms with van der Waals surface area (Å²) in [6.07, 6.45) is 1.03. The molecule has 5 heteroatoms. The van der Waals surface area contributed by atoms with Crippen molar-refractivity contribution in [3.05, 3.63) is 34.3 Å². The predicted molar refractivity (Wildman–Crippen MR) is 87.2 cm³/mol. The molecule has 116 valence electrons. The van der Waals surface area contributed by atoms with Crippen LogP contribution in [0.3, 0.4) is 0 Å². The molecule has 1 aliphatic rings. The standard InChI is InChI=1S/C16H23BrN2O2/c1-3-21-15(20)16(2,13-5-7-14(17)8-6-13)19-11-4-9-18-10-12-19/h5-8,18H,3-4,9-12H2,1-2H3. The minimum absolute atomic E-state index is 0.172. The third-order valence-electron chi connectivity index (χ3n) is 4.05. The molecule has 1 unspecified atom stereocenters. The number of halogens is 1. The first-order valence-corrected chi connectivity index (χ1v) is 8.27. The van der Waals surface area contributed by atoms with Crippen LogP contribution >= 0.6 is 15.9 Å². The van der Waals surface area contributed by atoms with Gasteiger partial charge < -0.3 is 10.1 Å². The largest absolute Gasteiger partial charge is 0.464 e. The molecular formula is C16H23BrN2O2. The van der Waals surface area contributed by atoms with Crippen molar-refractivity contribution in [3.63, 3.8) is 0 Å². The van der Waals surface area contributed by atoms with Crippen LogP contribution in [0.4, 0.5) is 0 Å². The monoisotopic (exact) mass is 354 g/mol. The van der Waals surface area contributed by atoms with Crippen LogP contribution < -0.4 is 5.32 Å². The first-order valence-electron chi connectivity index (χ1n) is 7.48. The van der Waals surface area contributed by atoms with E-state index in [1.54, 1.807) is 0 Å². The second-order valence-electron chi connectivity index (χ2n) is 5.39. The lowest BCUT2D eigenvalue weighted by Gasteiger charge is -2.38. The van der Waals surface area contributed by atoms with E-state index >= 15 is 0 Å². The summed E-state index contributed by atoms with van der Waals surface area (Å²) < 4.78 is 6.38. The van der Waals surface area contributed by atoms with E-state index in [0.717, 1.165) is 42.6 Å². The highest BCUT2D eigenvalue weighted by atomic mass is 79.9. The maximum Gasteiger partial charge on any atom is 0.330 e. The maximum atomic E-state index is 12.7. The highest BCUT2D eigenvalue weighted by Crippen LogP contribution is 2.31. The molecule has 4 nitrogen and oxygen atoms in total. The number of carbonyl (C=O) groups is 1. The molecule has 1 saturated heterocycles. The van der Waals surface area contributed by atoms with Crippen molar-refractivity contribution in [1.29, 1.82) is 0 Å². The van der Waals surface area contributed by atoms with Crippen molar-refractivity contribution in [2.45, 2.75) is 25.8 Å². The first-order chi connectivity index (χ1) is 10.1. The number of benzene rings is 1. The molecule has 1 aliphatic heterocycles. The van der Waals surface area contributed by atoms with Gasteiger partial charge in [-0.05, 0) is 44.5 Å². The summed E-state index contributed by atoms with van der Waals surface area (Å²) in [7, 11) is 0. The van der Waals surface area contributed by atoms with Gasteiger partial charge in [0.1, 0.15) is 5.54 Å². The fraction of sp³-hybridized carbons (Fsp3) is 0.562. The third kappa shape index (κ3) is 3.65. The second kappa shape index (κ2) is 7.38. The smallest absolute Gasteiger partial charge is 0.330 e. The van der Waals surface area contributed by atoms with Crippen LogP contribution in [0, 0.1) is 0 Å². The molecular weight excluding hydrogens is 332 g/mol. The fourth-order valence-electron chi connectivity index (χ4n) is 2.77. The molecule has 1 heterocycles. The van der Waals surface area contributed by atoms with Crippen LogP contribution in [0.5, 0.6) is 0 Å². The maximum absolute atomic E-state index is 12.7. The summed E-state index contributed by atoms with van der Waals surface area (Å²) in [4.78, 5) is 14.9. The molecule has 0 amide bonds. The van der Waals surface area contributed by atoms with Gasteiger partial charge in [0.15, 0.2) is 0 Å². The van der Waals surface area contributed by atoms with Gasteiger partial charge in [-0.25, -0.2) is 4.79 Å². The van der Waals surface area contributed by atoms with Crippen molar-refractivity contribution in [1.82, 2.24) is 10.2 Å². The van der Waals surface area contributed by atoms with Crippen molar-refractivity contribution >= 4 is 21.9 Å². The summed E-state index contributed by atoms with van der Waals surface area (Å²) in [5.41, 5.74) is 0.244. The highest BCUT2D eigenvalue weighted by molar-refractivity contribution is 9.10. The molecule has 0 aromatic heterocycles. The molecule has 0 aliphatic carbocycles. The van der Waals surface area contributed by atoms with E-state index < -0.39 is 5.54 Å². The molecule has 0 radical (unpaired) electrons. The lowest BCUT2D eigenvalue weighted by Crippen LogP contribution is -2.52. The zero-order valence-electron chi connectivity index (χ0n) is 12.7. The minimum Gasteiger partial charge on any atom is -0.464 e. The van der Waals surface area contributed by atoms with E-state index in [-0.39, 0.29) is 5.97 Å². The molecule has 21 heavy (non-hydrogen) atoms. The van der Waals surface area contributed by atoms with E-state index in [1.165, 1.54) is 0 Å². The predicted octanol–water partition coefficient (Wildman–Crippen LogP) is 2.52.